The van der Waals surface area contributed by atoms with Gasteiger partial charge in [0.15, 0.2) is 9.84 Å². The SMILES string of the molecule is COC(=O)/C=C/S(=O)(=O)c1ccccc1C. The highest BCUT2D eigenvalue weighted by atomic mass is 32.2. The minimum absolute atomic E-state index is 0.190. The van der Waals surface area contributed by atoms with Crippen LogP contribution in [-0.2, 0) is 19.4 Å². The molecule has 0 aliphatic carbocycles. The van der Waals surface area contributed by atoms with E-state index in [1.807, 2.05) is 0 Å². The van der Waals surface area contributed by atoms with Crippen LogP contribution in [0.3, 0.4) is 0 Å². The van der Waals surface area contributed by atoms with E-state index in [9.17, 15) is 13.2 Å². The van der Waals surface area contributed by atoms with Crippen molar-refractivity contribution in [3.63, 3.8) is 0 Å². The topological polar surface area (TPSA) is 60.4 Å². The fourth-order valence-corrected chi connectivity index (χ4v) is 2.38. The molecule has 0 aliphatic rings. The molecular weight excluding hydrogens is 228 g/mol. The van der Waals surface area contributed by atoms with Crippen LogP contribution in [0.2, 0.25) is 0 Å². The van der Waals surface area contributed by atoms with Crippen LogP contribution in [0, 0.1) is 6.92 Å². The third-order valence-electron chi connectivity index (χ3n) is 1.98. The number of benzene rings is 1. The van der Waals surface area contributed by atoms with Crippen molar-refractivity contribution in [1.82, 2.24) is 0 Å². The lowest BCUT2D eigenvalue weighted by Gasteiger charge is -2.02. The van der Waals surface area contributed by atoms with Gasteiger partial charge in [0.25, 0.3) is 0 Å². The first-order valence-corrected chi connectivity index (χ1v) is 6.09. The summed E-state index contributed by atoms with van der Waals surface area (Å²) in [5, 5.41) is 0.848. The van der Waals surface area contributed by atoms with Gasteiger partial charge in [-0.05, 0) is 18.6 Å². The molecule has 0 spiro atoms. The molecule has 16 heavy (non-hydrogen) atoms. The van der Waals surface area contributed by atoms with E-state index in [-0.39, 0.29) is 4.90 Å². The molecular formula is C11H12O4S. The largest absolute Gasteiger partial charge is 0.466 e. The van der Waals surface area contributed by atoms with Crippen LogP contribution in [0.4, 0.5) is 0 Å². The Morgan fingerprint density at radius 2 is 1.94 bits per heavy atom. The Morgan fingerprint density at radius 1 is 1.31 bits per heavy atom. The Balaban J connectivity index is 3.09. The van der Waals surface area contributed by atoms with Gasteiger partial charge in [-0.1, -0.05) is 18.2 Å². The Labute approximate surface area is 94.5 Å². The maximum atomic E-state index is 11.8. The fourth-order valence-electron chi connectivity index (χ4n) is 1.16. The van der Waals surface area contributed by atoms with E-state index in [0.717, 1.165) is 11.5 Å². The summed E-state index contributed by atoms with van der Waals surface area (Å²) in [5.74, 6) is -0.697. The van der Waals surface area contributed by atoms with Crippen molar-refractivity contribution in [2.24, 2.45) is 0 Å². The number of sulfone groups is 1. The molecule has 0 heterocycles. The lowest BCUT2D eigenvalue weighted by molar-refractivity contribution is -0.134. The van der Waals surface area contributed by atoms with Gasteiger partial charge in [-0.2, -0.15) is 0 Å². The number of aryl methyl sites for hydroxylation is 1. The van der Waals surface area contributed by atoms with Crippen LogP contribution in [0.5, 0.6) is 0 Å². The molecule has 0 radical (unpaired) electrons. The highest BCUT2D eigenvalue weighted by Crippen LogP contribution is 2.16. The van der Waals surface area contributed by atoms with Gasteiger partial charge in [-0.15, -0.1) is 0 Å². The summed E-state index contributed by atoms with van der Waals surface area (Å²) in [6, 6.07) is 6.56. The molecule has 4 nitrogen and oxygen atoms in total. The first-order chi connectivity index (χ1) is 7.47. The predicted molar refractivity (Wildman–Crippen MR) is 59.5 cm³/mol. The molecule has 0 aliphatic heterocycles. The van der Waals surface area contributed by atoms with Crippen LogP contribution < -0.4 is 0 Å². The number of hydrogen-bond acceptors (Lipinski definition) is 4. The van der Waals surface area contributed by atoms with E-state index < -0.39 is 15.8 Å². The molecule has 1 aromatic carbocycles. The first-order valence-electron chi connectivity index (χ1n) is 4.54. The molecule has 1 aromatic rings. The van der Waals surface area contributed by atoms with Crippen molar-refractivity contribution in [2.45, 2.75) is 11.8 Å². The van der Waals surface area contributed by atoms with Gasteiger partial charge in [0.2, 0.25) is 0 Å². The summed E-state index contributed by atoms with van der Waals surface area (Å²) in [4.78, 5) is 11.0. The van der Waals surface area contributed by atoms with E-state index >= 15 is 0 Å². The van der Waals surface area contributed by atoms with Gasteiger partial charge in [0.05, 0.1) is 12.0 Å². The predicted octanol–water partition coefficient (Wildman–Crippen LogP) is 1.46. The molecule has 0 saturated heterocycles. The molecule has 0 bridgehead atoms. The van der Waals surface area contributed by atoms with Crippen molar-refractivity contribution >= 4 is 15.8 Å². The zero-order valence-electron chi connectivity index (χ0n) is 9.01. The van der Waals surface area contributed by atoms with Gasteiger partial charge in [-0.3, -0.25) is 0 Å². The van der Waals surface area contributed by atoms with E-state index in [1.54, 1.807) is 25.1 Å². The first kappa shape index (κ1) is 12.4. The second-order valence-electron chi connectivity index (χ2n) is 3.14. The van der Waals surface area contributed by atoms with Crippen molar-refractivity contribution in [3.05, 3.63) is 41.3 Å². The quantitative estimate of drug-likeness (QED) is 0.592. The second kappa shape index (κ2) is 4.94. The standard InChI is InChI=1S/C11H12O4S/c1-9-5-3-4-6-10(9)16(13,14)8-7-11(12)15-2/h3-8H,1-2H3/b8-7+. The molecule has 5 heteroatoms. The summed E-state index contributed by atoms with van der Waals surface area (Å²) in [5.41, 5.74) is 0.636. The van der Waals surface area contributed by atoms with E-state index in [1.165, 1.54) is 13.2 Å². The maximum Gasteiger partial charge on any atom is 0.331 e. The van der Waals surface area contributed by atoms with Crippen molar-refractivity contribution in [2.75, 3.05) is 7.11 Å². The summed E-state index contributed by atoms with van der Waals surface area (Å²) in [6.07, 6.45) is 0.891. The van der Waals surface area contributed by atoms with Gasteiger partial charge in [-0.25, -0.2) is 13.2 Å². The molecule has 0 amide bonds. The number of carbonyl (C=O) groups is 1. The highest BCUT2D eigenvalue weighted by molar-refractivity contribution is 7.94. The Kier molecular flexibility index (Phi) is 3.84. The molecule has 0 saturated carbocycles. The summed E-state index contributed by atoms with van der Waals surface area (Å²) in [7, 11) is -2.39. The van der Waals surface area contributed by atoms with Crippen LogP contribution in [0.25, 0.3) is 0 Å². The zero-order chi connectivity index (χ0) is 12.2. The van der Waals surface area contributed by atoms with E-state index in [4.69, 9.17) is 0 Å². The number of carbonyl (C=O) groups excluding carboxylic acids is 1. The van der Waals surface area contributed by atoms with Gasteiger partial charge < -0.3 is 4.74 Å². The molecule has 0 unspecified atom stereocenters. The number of ether oxygens (including phenoxy) is 1. The van der Waals surface area contributed by atoms with Crippen molar-refractivity contribution in [1.29, 1.82) is 0 Å². The number of hydrogen-bond donors (Lipinski definition) is 0. The summed E-state index contributed by atoms with van der Waals surface area (Å²) in [6.45, 7) is 1.69. The zero-order valence-corrected chi connectivity index (χ0v) is 9.82. The van der Waals surface area contributed by atoms with Crippen LogP contribution >= 0.6 is 0 Å². The molecule has 0 fully saturated rings. The molecule has 0 N–H and O–H groups in total. The molecule has 0 atom stereocenters. The smallest absolute Gasteiger partial charge is 0.331 e. The summed E-state index contributed by atoms with van der Waals surface area (Å²) >= 11 is 0. The van der Waals surface area contributed by atoms with Crippen molar-refractivity contribution in [3.8, 4) is 0 Å². The van der Waals surface area contributed by atoms with Crippen LogP contribution in [0.15, 0.2) is 40.6 Å². The van der Waals surface area contributed by atoms with Gasteiger partial charge in [0, 0.05) is 11.5 Å². The molecule has 86 valence electrons. The lowest BCUT2D eigenvalue weighted by atomic mass is 10.2. The Morgan fingerprint density at radius 3 is 2.50 bits per heavy atom. The third kappa shape index (κ3) is 2.93. The minimum Gasteiger partial charge on any atom is -0.466 e. The number of rotatable bonds is 3. The second-order valence-corrected chi connectivity index (χ2v) is 4.94. The Bertz CT molecular complexity index is 515. The lowest BCUT2D eigenvalue weighted by Crippen LogP contribution is -2.01. The highest BCUT2D eigenvalue weighted by Gasteiger charge is 2.13. The van der Waals surface area contributed by atoms with E-state index in [0.29, 0.717) is 5.56 Å². The molecule has 1 rings (SSSR count). The molecule has 0 aromatic heterocycles. The van der Waals surface area contributed by atoms with Crippen LogP contribution in [0.1, 0.15) is 5.56 Å². The number of methoxy groups -OCH3 is 1. The monoisotopic (exact) mass is 240 g/mol. The maximum absolute atomic E-state index is 11.8. The summed E-state index contributed by atoms with van der Waals surface area (Å²) < 4.78 is 27.9. The Hall–Kier alpha value is -1.62. The average molecular weight is 240 g/mol. The normalized spacial score (nSPS) is 11.6. The van der Waals surface area contributed by atoms with Crippen LogP contribution in [-0.4, -0.2) is 21.5 Å². The minimum atomic E-state index is -3.58. The average Bonchev–Trinajstić information content (AvgIpc) is 2.26. The van der Waals surface area contributed by atoms with Crippen molar-refractivity contribution < 1.29 is 17.9 Å². The fraction of sp³-hybridized carbons (Fsp3) is 0.182. The van der Waals surface area contributed by atoms with E-state index in [2.05, 4.69) is 4.74 Å². The van der Waals surface area contributed by atoms with Gasteiger partial charge >= 0.3 is 5.97 Å². The number of esters is 1. The third-order valence-corrected chi connectivity index (χ3v) is 3.55. The van der Waals surface area contributed by atoms with Gasteiger partial charge in [0.1, 0.15) is 0 Å².